The Balaban J connectivity index is 2.49. The van der Waals surface area contributed by atoms with E-state index in [1.807, 2.05) is 0 Å². The van der Waals surface area contributed by atoms with E-state index in [2.05, 4.69) is 4.74 Å². The van der Waals surface area contributed by atoms with E-state index in [1.165, 1.54) is 7.11 Å². The van der Waals surface area contributed by atoms with Crippen molar-refractivity contribution >= 4 is 5.97 Å². The summed E-state index contributed by atoms with van der Waals surface area (Å²) in [7, 11) is 1.32. The molecule has 0 saturated carbocycles. The lowest BCUT2D eigenvalue weighted by Crippen LogP contribution is -2.43. The summed E-state index contributed by atoms with van der Waals surface area (Å²) < 4.78 is 9.86. The summed E-state index contributed by atoms with van der Waals surface area (Å²) in [4.78, 5) is 10.9. The smallest absolute Gasteiger partial charge is 0.308 e. The molecular weight excluding hydrogens is 186 g/mol. The second-order valence-electron chi connectivity index (χ2n) is 3.14. The predicted octanol–water partition coefficient (Wildman–Crippen LogP) is -0.807. The molecule has 0 spiro atoms. The van der Waals surface area contributed by atoms with Crippen LogP contribution in [0.25, 0.3) is 0 Å². The highest BCUT2D eigenvalue weighted by Crippen LogP contribution is 2.14. The van der Waals surface area contributed by atoms with Gasteiger partial charge in [0.2, 0.25) is 0 Å². The molecule has 1 aliphatic heterocycles. The molecule has 1 aliphatic rings. The van der Waals surface area contributed by atoms with Crippen molar-refractivity contribution in [3.05, 3.63) is 12.2 Å². The van der Waals surface area contributed by atoms with Crippen molar-refractivity contribution in [3.63, 3.8) is 0 Å². The van der Waals surface area contributed by atoms with Crippen LogP contribution in [0.5, 0.6) is 0 Å². The lowest BCUT2D eigenvalue weighted by Gasteiger charge is -2.28. The number of methoxy groups -OCH3 is 1. The Bertz CT molecular complexity index is 229. The standard InChI is InChI=1S/C9H15NO4/c1-13-9(12)4-6-2-3-7(10)8(5-11)14-6/h2-3,6-8,11H,4-5,10H2,1H3/t6-,7+,8-/m0/s1. The van der Waals surface area contributed by atoms with Crippen LogP contribution in [0.4, 0.5) is 0 Å². The van der Waals surface area contributed by atoms with Gasteiger partial charge in [-0.05, 0) is 0 Å². The normalized spacial score (nSPS) is 31.5. The van der Waals surface area contributed by atoms with Gasteiger partial charge in [-0.25, -0.2) is 0 Å². The van der Waals surface area contributed by atoms with Crippen LogP contribution in [0.1, 0.15) is 6.42 Å². The number of esters is 1. The molecule has 1 rings (SSSR count). The third-order valence-electron chi connectivity index (χ3n) is 2.10. The third kappa shape index (κ3) is 2.80. The fourth-order valence-electron chi connectivity index (χ4n) is 1.27. The molecule has 3 N–H and O–H groups in total. The number of hydrogen-bond acceptors (Lipinski definition) is 5. The van der Waals surface area contributed by atoms with Gasteiger partial charge in [-0.2, -0.15) is 0 Å². The summed E-state index contributed by atoms with van der Waals surface area (Å²) in [5.41, 5.74) is 5.63. The van der Waals surface area contributed by atoms with Gasteiger partial charge in [0.25, 0.3) is 0 Å². The molecule has 1 heterocycles. The SMILES string of the molecule is COC(=O)C[C@@H]1C=C[C@@H](N)[C@H](CO)O1. The maximum Gasteiger partial charge on any atom is 0.308 e. The molecule has 0 aliphatic carbocycles. The number of nitrogens with two attached hydrogens (primary N) is 1. The minimum atomic E-state index is -0.436. The van der Waals surface area contributed by atoms with Crippen molar-refractivity contribution in [2.24, 2.45) is 5.73 Å². The Morgan fingerprint density at radius 3 is 2.93 bits per heavy atom. The van der Waals surface area contributed by atoms with E-state index in [0.717, 1.165) is 0 Å². The van der Waals surface area contributed by atoms with Crippen molar-refractivity contribution in [2.45, 2.75) is 24.7 Å². The van der Waals surface area contributed by atoms with Gasteiger partial charge < -0.3 is 20.3 Å². The first kappa shape index (κ1) is 11.2. The Kier molecular flexibility index (Phi) is 4.06. The van der Waals surface area contributed by atoms with E-state index in [-0.39, 0.29) is 31.1 Å². The van der Waals surface area contributed by atoms with Crippen LogP contribution in [0.15, 0.2) is 12.2 Å². The summed E-state index contributed by atoms with van der Waals surface area (Å²) in [5, 5.41) is 8.92. The number of aliphatic hydroxyl groups excluding tert-OH is 1. The minimum absolute atomic E-state index is 0.149. The summed E-state index contributed by atoms with van der Waals surface area (Å²) in [6.07, 6.45) is 2.82. The van der Waals surface area contributed by atoms with Gasteiger partial charge >= 0.3 is 5.97 Å². The van der Waals surface area contributed by atoms with Crippen molar-refractivity contribution in [2.75, 3.05) is 13.7 Å². The third-order valence-corrected chi connectivity index (χ3v) is 2.10. The van der Waals surface area contributed by atoms with E-state index in [0.29, 0.717) is 0 Å². The lowest BCUT2D eigenvalue weighted by atomic mass is 10.1. The van der Waals surface area contributed by atoms with Crippen molar-refractivity contribution < 1.29 is 19.4 Å². The number of rotatable bonds is 3. The summed E-state index contributed by atoms with van der Waals surface area (Å²) >= 11 is 0. The molecule has 3 atom stereocenters. The van der Waals surface area contributed by atoms with E-state index in [1.54, 1.807) is 12.2 Å². The fourth-order valence-corrected chi connectivity index (χ4v) is 1.27. The monoisotopic (exact) mass is 201 g/mol. The molecule has 5 nitrogen and oxygen atoms in total. The average molecular weight is 201 g/mol. The maximum absolute atomic E-state index is 10.9. The molecule has 0 bridgehead atoms. The molecular formula is C9H15NO4. The molecule has 5 heteroatoms. The zero-order valence-electron chi connectivity index (χ0n) is 8.05. The van der Waals surface area contributed by atoms with E-state index < -0.39 is 6.10 Å². The number of carbonyl (C=O) groups is 1. The first-order chi connectivity index (χ1) is 6.67. The molecule has 0 aromatic carbocycles. The molecule has 80 valence electrons. The fraction of sp³-hybridized carbons (Fsp3) is 0.667. The van der Waals surface area contributed by atoms with Gasteiger partial charge in [-0.3, -0.25) is 4.79 Å². The molecule has 0 radical (unpaired) electrons. The van der Waals surface area contributed by atoms with Gasteiger partial charge in [-0.15, -0.1) is 0 Å². The molecule has 0 aromatic heterocycles. The zero-order chi connectivity index (χ0) is 10.6. The quantitative estimate of drug-likeness (QED) is 0.461. The summed E-state index contributed by atoms with van der Waals surface area (Å²) in [6.45, 7) is -0.150. The van der Waals surface area contributed by atoms with Crippen molar-refractivity contribution in [3.8, 4) is 0 Å². The molecule has 0 amide bonds. The highest BCUT2D eigenvalue weighted by atomic mass is 16.5. The highest BCUT2D eigenvalue weighted by molar-refractivity contribution is 5.70. The Morgan fingerprint density at radius 1 is 1.64 bits per heavy atom. The minimum Gasteiger partial charge on any atom is -0.469 e. The van der Waals surface area contributed by atoms with Crippen molar-refractivity contribution in [1.82, 2.24) is 0 Å². The molecule has 0 fully saturated rings. The van der Waals surface area contributed by atoms with Crippen LogP contribution in [0.3, 0.4) is 0 Å². The van der Waals surface area contributed by atoms with Gasteiger partial charge in [0, 0.05) is 0 Å². The maximum atomic E-state index is 10.9. The van der Waals surface area contributed by atoms with Crippen LogP contribution in [0.2, 0.25) is 0 Å². The lowest BCUT2D eigenvalue weighted by molar-refractivity contribution is -0.144. The van der Waals surface area contributed by atoms with Crippen molar-refractivity contribution in [1.29, 1.82) is 0 Å². The van der Waals surface area contributed by atoms with Crippen LogP contribution < -0.4 is 5.73 Å². The number of carbonyl (C=O) groups excluding carboxylic acids is 1. The average Bonchev–Trinajstić information content (AvgIpc) is 2.20. The zero-order valence-corrected chi connectivity index (χ0v) is 8.05. The van der Waals surface area contributed by atoms with Gasteiger partial charge in [-0.1, -0.05) is 12.2 Å². The van der Waals surface area contributed by atoms with Crippen LogP contribution in [-0.2, 0) is 14.3 Å². The van der Waals surface area contributed by atoms with E-state index in [4.69, 9.17) is 15.6 Å². The predicted molar refractivity (Wildman–Crippen MR) is 49.5 cm³/mol. The Morgan fingerprint density at radius 2 is 2.36 bits per heavy atom. The van der Waals surface area contributed by atoms with E-state index >= 15 is 0 Å². The summed E-state index contributed by atoms with van der Waals surface area (Å²) in [5.74, 6) is -0.341. The van der Waals surface area contributed by atoms with Crippen LogP contribution in [-0.4, -0.2) is 43.0 Å². The number of hydrogen-bond donors (Lipinski definition) is 2. The largest absolute Gasteiger partial charge is 0.469 e. The first-order valence-corrected chi connectivity index (χ1v) is 4.44. The van der Waals surface area contributed by atoms with Crippen LogP contribution in [0, 0.1) is 0 Å². The molecule has 0 unspecified atom stereocenters. The molecule has 0 aromatic rings. The van der Waals surface area contributed by atoms with E-state index in [9.17, 15) is 4.79 Å². The Labute approximate surface area is 82.5 Å². The number of ether oxygens (including phenoxy) is 2. The second kappa shape index (κ2) is 5.09. The second-order valence-corrected chi connectivity index (χ2v) is 3.14. The van der Waals surface area contributed by atoms with Gasteiger partial charge in [0.15, 0.2) is 0 Å². The molecule has 14 heavy (non-hydrogen) atoms. The van der Waals surface area contributed by atoms with Gasteiger partial charge in [0.05, 0.1) is 38.4 Å². The number of aliphatic hydroxyl groups is 1. The topological polar surface area (TPSA) is 81.8 Å². The Hall–Kier alpha value is -0.910. The molecule has 0 saturated heterocycles. The first-order valence-electron chi connectivity index (χ1n) is 4.44. The summed E-state index contributed by atoms with van der Waals surface area (Å²) in [6, 6.07) is -0.311. The van der Waals surface area contributed by atoms with Gasteiger partial charge in [0.1, 0.15) is 0 Å². The van der Waals surface area contributed by atoms with Crippen LogP contribution >= 0.6 is 0 Å². The highest BCUT2D eigenvalue weighted by Gasteiger charge is 2.25.